The molecule has 0 aliphatic rings. The molecule has 0 atom stereocenters. The second kappa shape index (κ2) is 6.62. The van der Waals surface area contributed by atoms with Gasteiger partial charge in [0.2, 0.25) is 15.9 Å². The number of methoxy groups -OCH3 is 1. The van der Waals surface area contributed by atoms with Gasteiger partial charge in [0, 0.05) is 23.8 Å². The molecule has 1 aromatic heterocycles. The van der Waals surface area contributed by atoms with Gasteiger partial charge in [-0.3, -0.25) is 0 Å². The Bertz CT molecular complexity index is 734. The molecule has 0 spiro atoms. The number of nitrogens with one attached hydrogen (secondary N) is 1. The van der Waals surface area contributed by atoms with Gasteiger partial charge in [-0.25, -0.2) is 18.1 Å². The molecule has 0 aliphatic heterocycles. The lowest BCUT2D eigenvalue weighted by Crippen LogP contribution is -2.23. The maximum atomic E-state index is 12.2. The summed E-state index contributed by atoms with van der Waals surface area (Å²) in [6.07, 6.45) is 1.53. The maximum absolute atomic E-state index is 12.2. The van der Waals surface area contributed by atoms with E-state index in [9.17, 15) is 8.42 Å². The van der Waals surface area contributed by atoms with Crippen molar-refractivity contribution in [3.63, 3.8) is 0 Å². The van der Waals surface area contributed by atoms with Gasteiger partial charge in [-0.1, -0.05) is 29.3 Å². The molecule has 21 heavy (non-hydrogen) atoms. The number of pyridine rings is 1. The van der Waals surface area contributed by atoms with Crippen molar-refractivity contribution in [2.45, 2.75) is 11.4 Å². The molecule has 2 rings (SSSR count). The number of ether oxygens (including phenoxy) is 1. The Hall–Kier alpha value is -1.34. The Balaban J connectivity index is 2.15. The average Bonchev–Trinajstić information content (AvgIpc) is 2.48. The number of aromatic nitrogens is 1. The molecule has 112 valence electrons. The summed E-state index contributed by atoms with van der Waals surface area (Å²) in [5.41, 5.74) is 0.692. The third-order valence-corrected chi connectivity index (χ3v) is 4.77. The molecular weight excluding hydrogens is 335 g/mol. The third-order valence-electron chi connectivity index (χ3n) is 2.66. The van der Waals surface area contributed by atoms with Crippen LogP contribution in [-0.2, 0) is 16.6 Å². The number of nitrogens with zero attached hydrogens (tertiary/aromatic N) is 1. The largest absolute Gasteiger partial charge is 0.481 e. The summed E-state index contributed by atoms with van der Waals surface area (Å²) < 4.78 is 31.8. The Morgan fingerprint density at radius 3 is 2.62 bits per heavy atom. The maximum Gasteiger partial charge on any atom is 0.242 e. The number of rotatable bonds is 5. The molecule has 8 heteroatoms. The molecule has 0 saturated heterocycles. The van der Waals surface area contributed by atoms with E-state index in [-0.39, 0.29) is 16.5 Å². The monoisotopic (exact) mass is 346 g/mol. The normalized spacial score (nSPS) is 11.4. The molecule has 1 N–H and O–H groups in total. The van der Waals surface area contributed by atoms with Crippen LogP contribution in [-0.4, -0.2) is 20.5 Å². The van der Waals surface area contributed by atoms with Crippen LogP contribution in [0.15, 0.2) is 41.4 Å². The van der Waals surface area contributed by atoms with Gasteiger partial charge in [0.05, 0.1) is 12.1 Å². The second-order valence-electron chi connectivity index (χ2n) is 4.11. The highest BCUT2D eigenvalue weighted by atomic mass is 35.5. The summed E-state index contributed by atoms with van der Waals surface area (Å²) >= 11 is 11.7. The molecule has 0 unspecified atom stereocenters. The molecule has 0 radical (unpaired) electrons. The van der Waals surface area contributed by atoms with Crippen molar-refractivity contribution in [1.82, 2.24) is 9.71 Å². The Morgan fingerprint density at radius 2 is 2.00 bits per heavy atom. The van der Waals surface area contributed by atoms with Crippen LogP contribution in [0.25, 0.3) is 0 Å². The van der Waals surface area contributed by atoms with Gasteiger partial charge in [0.15, 0.2) is 0 Å². The van der Waals surface area contributed by atoms with Crippen LogP contribution in [0.1, 0.15) is 5.56 Å². The van der Waals surface area contributed by atoms with E-state index in [1.165, 1.54) is 31.5 Å². The lowest BCUT2D eigenvalue weighted by atomic mass is 10.3. The minimum atomic E-state index is -3.75. The van der Waals surface area contributed by atoms with Gasteiger partial charge in [0.1, 0.15) is 4.90 Å². The van der Waals surface area contributed by atoms with E-state index in [2.05, 4.69) is 9.71 Å². The first-order valence-electron chi connectivity index (χ1n) is 5.86. The smallest absolute Gasteiger partial charge is 0.242 e. The third kappa shape index (κ3) is 4.07. The topological polar surface area (TPSA) is 68.3 Å². The zero-order valence-corrected chi connectivity index (χ0v) is 13.3. The molecule has 5 nitrogen and oxygen atoms in total. The van der Waals surface area contributed by atoms with E-state index < -0.39 is 10.0 Å². The highest BCUT2D eigenvalue weighted by Gasteiger charge is 2.18. The zero-order valence-electron chi connectivity index (χ0n) is 11.0. The van der Waals surface area contributed by atoms with Crippen molar-refractivity contribution in [3.05, 3.63) is 52.1 Å². The number of sulfonamides is 1. The van der Waals surface area contributed by atoms with Crippen LogP contribution in [0.3, 0.4) is 0 Å². The standard InChI is InChI=1S/C13H12Cl2N2O3S/c1-20-13-5-2-9(7-16-13)8-17-21(18,19)12-6-10(14)3-4-11(12)15/h2-7,17H,8H2,1H3. The highest BCUT2D eigenvalue weighted by molar-refractivity contribution is 7.89. The van der Waals surface area contributed by atoms with E-state index in [1.807, 2.05) is 0 Å². The van der Waals surface area contributed by atoms with Crippen LogP contribution in [0.4, 0.5) is 0 Å². The molecule has 1 heterocycles. The number of hydrogen-bond donors (Lipinski definition) is 1. The fourth-order valence-corrected chi connectivity index (χ4v) is 3.35. The van der Waals surface area contributed by atoms with E-state index >= 15 is 0 Å². The fourth-order valence-electron chi connectivity index (χ4n) is 1.58. The lowest BCUT2D eigenvalue weighted by molar-refractivity contribution is 0.397. The molecule has 0 saturated carbocycles. The second-order valence-corrected chi connectivity index (χ2v) is 6.69. The zero-order chi connectivity index (χ0) is 15.5. The Morgan fingerprint density at radius 1 is 1.24 bits per heavy atom. The summed E-state index contributed by atoms with van der Waals surface area (Å²) in [5.74, 6) is 0.458. The summed E-state index contributed by atoms with van der Waals surface area (Å²) in [5, 5.41) is 0.408. The van der Waals surface area contributed by atoms with Gasteiger partial charge in [-0.15, -0.1) is 0 Å². The van der Waals surface area contributed by atoms with Crippen molar-refractivity contribution in [1.29, 1.82) is 0 Å². The van der Waals surface area contributed by atoms with E-state index in [0.29, 0.717) is 16.5 Å². The molecule has 0 amide bonds. The Kier molecular flexibility index (Phi) is 5.05. The predicted octanol–water partition coefficient (Wildman–Crippen LogP) is 2.88. The first-order valence-corrected chi connectivity index (χ1v) is 8.10. The summed E-state index contributed by atoms with van der Waals surface area (Å²) in [7, 11) is -2.25. The van der Waals surface area contributed by atoms with Crippen molar-refractivity contribution in [3.8, 4) is 5.88 Å². The minimum Gasteiger partial charge on any atom is -0.481 e. The average molecular weight is 347 g/mol. The van der Waals surface area contributed by atoms with Crippen molar-refractivity contribution < 1.29 is 13.2 Å². The van der Waals surface area contributed by atoms with Gasteiger partial charge in [0.25, 0.3) is 0 Å². The highest BCUT2D eigenvalue weighted by Crippen LogP contribution is 2.24. The first kappa shape index (κ1) is 16.0. The minimum absolute atomic E-state index is 0.0573. The van der Waals surface area contributed by atoms with E-state index in [4.69, 9.17) is 27.9 Å². The molecule has 0 aliphatic carbocycles. The summed E-state index contributed by atoms with van der Waals surface area (Å²) in [6, 6.07) is 7.63. The number of halogens is 2. The molecular formula is C13H12Cl2N2O3S. The van der Waals surface area contributed by atoms with Crippen LogP contribution in [0.5, 0.6) is 5.88 Å². The van der Waals surface area contributed by atoms with E-state index in [0.717, 1.165) is 0 Å². The van der Waals surface area contributed by atoms with Gasteiger partial charge in [-0.05, 0) is 23.8 Å². The van der Waals surface area contributed by atoms with Crippen molar-refractivity contribution in [2.75, 3.05) is 7.11 Å². The fraction of sp³-hybridized carbons (Fsp3) is 0.154. The summed E-state index contributed by atoms with van der Waals surface area (Å²) in [6.45, 7) is 0.0855. The summed E-state index contributed by atoms with van der Waals surface area (Å²) in [4.78, 5) is 3.94. The van der Waals surface area contributed by atoms with Crippen LogP contribution >= 0.6 is 23.2 Å². The first-order chi connectivity index (χ1) is 9.92. The van der Waals surface area contributed by atoms with Crippen LogP contribution in [0, 0.1) is 0 Å². The molecule has 1 aromatic carbocycles. The van der Waals surface area contributed by atoms with Crippen LogP contribution in [0.2, 0.25) is 10.0 Å². The lowest BCUT2D eigenvalue weighted by Gasteiger charge is -2.09. The molecule has 2 aromatic rings. The molecule has 0 fully saturated rings. The van der Waals surface area contributed by atoms with Gasteiger partial charge >= 0.3 is 0 Å². The van der Waals surface area contributed by atoms with Gasteiger partial charge in [-0.2, -0.15) is 0 Å². The Labute approximate surface area is 132 Å². The van der Waals surface area contributed by atoms with Crippen LogP contribution < -0.4 is 9.46 Å². The number of hydrogen-bond acceptors (Lipinski definition) is 4. The molecule has 0 bridgehead atoms. The predicted molar refractivity (Wildman–Crippen MR) is 81.3 cm³/mol. The van der Waals surface area contributed by atoms with Crippen molar-refractivity contribution in [2.24, 2.45) is 0 Å². The quantitative estimate of drug-likeness (QED) is 0.903. The van der Waals surface area contributed by atoms with Gasteiger partial charge < -0.3 is 4.74 Å². The van der Waals surface area contributed by atoms with Crippen molar-refractivity contribution >= 4 is 33.2 Å². The number of benzene rings is 1. The SMILES string of the molecule is COc1ccc(CNS(=O)(=O)c2cc(Cl)ccc2Cl)cn1. The van der Waals surface area contributed by atoms with E-state index in [1.54, 1.807) is 12.1 Å².